The Hall–Kier alpha value is -1.38. The van der Waals surface area contributed by atoms with Gasteiger partial charge >= 0.3 is 5.97 Å². The predicted molar refractivity (Wildman–Crippen MR) is 77.1 cm³/mol. The van der Waals surface area contributed by atoms with E-state index in [2.05, 4.69) is 4.18 Å². The van der Waals surface area contributed by atoms with Gasteiger partial charge < -0.3 is 10.0 Å². The molecule has 1 aromatic carbocycles. The van der Waals surface area contributed by atoms with Gasteiger partial charge in [0.25, 0.3) is 10.1 Å². The molecule has 1 aromatic rings. The van der Waals surface area contributed by atoms with Gasteiger partial charge in [0.05, 0.1) is 24.1 Å². The number of rotatable bonds is 8. The standard InChI is InChI=1S/C12H15ClFNO5S/c1-21(18,19)20-7-6-15(5-4-13)11-3-2-9(12(16)17)8-10(11)14/h2-3,8H,4-7H2,1H3,(H,16,17). The molecule has 0 saturated carbocycles. The molecule has 1 N–H and O–H groups in total. The molecule has 0 unspecified atom stereocenters. The number of carbonyl (C=O) groups is 1. The molecule has 1 rings (SSSR count). The molecular formula is C12H15ClFNO5S. The van der Waals surface area contributed by atoms with E-state index in [0.29, 0.717) is 0 Å². The van der Waals surface area contributed by atoms with Crippen LogP contribution < -0.4 is 4.90 Å². The Balaban J connectivity index is 2.87. The van der Waals surface area contributed by atoms with Gasteiger partial charge in [-0.25, -0.2) is 9.18 Å². The molecule has 0 amide bonds. The molecule has 0 aliphatic rings. The third-order valence-corrected chi connectivity index (χ3v) is 3.31. The summed E-state index contributed by atoms with van der Waals surface area (Å²) in [5, 5.41) is 8.79. The second-order valence-electron chi connectivity index (χ2n) is 4.17. The minimum absolute atomic E-state index is 0.100. The van der Waals surface area contributed by atoms with Gasteiger partial charge in [0.1, 0.15) is 5.82 Å². The maximum absolute atomic E-state index is 13.9. The molecule has 0 fully saturated rings. The summed E-state index contributed by atoms with van der Waals surface area (Å²) in [5.74, 6) is -1.76. The topological polar surface area (TPSA) is 83.9 Å². The van der Waals surface area contributed by atoms with Crippen LogP contribution in [-0.2, 0) is 14.3 Å². The lowest BCUT2D eigenvalue weighted by atomic mass is 10.2. The molecule has 118 valence electrons. The lowest BCUT2D eigenvalue weighted by Crippen LogP contribution is -2.30. The van der Waals surface area contributed by atoms with Gasteiger partial charge in [-0.05, 0) is 18.2 Å². The van der Waals surface area contributed by atoms with E-state index in [1.807, 2.05) is 0 Å². The van der Waals surface area contributed by atoms with Crippen LogP contribution in [0.15, 0.2) is 18.2 Å². The first-order valence-electron chi connectivity index (χ1n) is 5.92. The average molecular weight is 340 g/mol. The largest absolute Gasteiger partial charge is 0.478 e. The number of carboxylic acids is 1. The lowest BCUT2D eigenvalue weighted by Gasteiger charge is -2.24. The number of hydrogen-bond acceptors (Lipinski definition) is 5. The average Bonchev–Trinajstić information content (AvgIpc) is 2.36. The van der Waals surface area contributed by atoms with Crippen molar-refractivity contribution in [2.24, 2.45) is 0 Å². The molecule has 0 radical (unpaired) electrons. The molecule has 0 atom stereocenters. The summed E-state index contributed by atoms with van der Waals surface area (Å²) in [6, 6.07) is 3.47. The van der Waals surface area contributed by atoms with Crippen molar-refractivity contribution in [2.45, 2.75) is 0 Å². The fraction of sp³-hybridized carbons (Fsp3) is 0.417. The number of nitrogens with zero attached hydrogens (tertiary/aromatic N) is 1. The molecule has 0 heterocycles. The van der Waals surface area contributed by atoms with E-state index in [9.17, 15) is 17.6 Å². The number of halogens is 2. The smallest absolute Gasteiger partial charge is 0.335 e. The molecule has 0 aliphatic heterocycles. The van der Waals surface area contributed by atoms with E-state index in [-0.39, 0.29) is 36.8 Å². The normalized spacial score (nSPS) is 11.4. The van der Waals surface area contributed by atoms with E-state index in [1.165, 1.54) is 17.0 Å². The number of anilines is 1. The molecule has 6 nitrogen and oxygen atoms in total. The zero-order valence-corrected chi connectivity index (χ0v) is 12.8. The maximum atomic E-state index is 13.9. The second kappa shape index (κ2) is 7.58. The summed E-state index contributed by atoms with van der Waals surface area (Å²) in [5.41, 5.74) is -0.0350. The minimum Gasteiger partial charge on any atom is -0.478 e. The Kier molecular flexibility index (Phi) is 6.38. The minimum atomic E-state index is -3.58. The zero-order valence-electron chi connectivity index (χ0n) is 11.3. The van der Waals surface area contributed by atoms with E-state index in [0.717, 1.165) is 12.3 Å². The van der Waals surface area contributed by atoms with Crippen LogP contribution in [0.4, 0.5) is 10.1 Å². The van der Waals surface area contributed by atoms with Crippen molar-refractivity contribution in [3.63, 3.8) is 0 Å². The maximum Gasteiger partial charge on any atom is 0.335 e. The Morgan fingerprint density at radius 1 is 1.43 bits per heavy atom. The van der Waals surface area contributed by atoms with Crippen molar-refractivity contribution in [2.75, 3.05) is 36.7 Å². The summed E-state index contributed by atoms with van der Waals surface area (Å²) >= 11 is 5.63. The van der Waals surface area contributed by atoms with Crippen LogP contribution >= 0.6 is 11.6 Å². The van der Waals surface area contributed by atoms with Crippen LogP contribution in [0.3, 0.4) is 0 Å². The number of hydrogen-bond donors (Lipinski definition) is 1. The fourth-order valence-electron chi connectivity index (χ4n) is 1.65. The molecule has 0 bridgehead atoms. The highest BCUT2D eigenvalue weighted by atomic mass is 35.5. The molecule has 9 heteroatoms. The predicted octanol–water partition coefficient (Wildman–Crippen LogP) is 1.55. The van der Waals surface area contributed by atoms with Gasteiger partial charge in [0.2, 0.25) is 0 Å². The summed E-state index contributed by atoms with van der Waals surface area (Å²) in [6.07, 6.45) is 0.918. The fourth-order valence-corrected chi connectivity index (χ4v) is 2.23. The van der Waals surface area contributed by atoms with Crippen molar-refractivity contribution in [3.05, 3.63) is 29.6 Å². The lowest BCUT2D eigenvalue weighted by molar-refractivity contribution is 0.0696. The second-order valence-corrected chi connectivity index (χ2v) is 6.20. The zero-order chi connectivity index (χ0) is 16.0. The third kappa shape index (κ3) is 5.86. The van der Waals surface area contributed by atoms with Crippen LogP contribution in [0.1, 0.15) is 10.4 Å². The van der Waals surface area contributed by atoms with Gasteiger partial charge in [-0.3, -0.25) is 4.18 Å². The summed E-state index contributed by atoms with van der Waals surface area (Å²) in [7, 11) is -3.58. The highest BCUT2D eigenvalue weighted by Gasteiger charge is 2.14. The number of carboxylic acid groups (broad SMARTS) is 1. The first-order valence-corrected chi connectivity index (χ1v) is 8.28. The van der Waals surface area contributed by atoms with Crippen LogP contribution in [0.5, 0.6) is 0 Å². The van der Waals surface area contributed by atoms with Crippen molar-refractivity contribution < 1.29 is 26.9 Å². The summed E-state index contributed by atoms with van der Waals surface area (Å²) < 4.78 is 40.3. The first kappa shape index (κ1) is 17.7. The van der Waals surface area contributed by atoms with E-state index in [4.69, 9.17) is 16.7 Å². The van der Waals surface area contributed by atoms with E-state index in [1.54, 1.807) is 0 Å². The number of benzene rings is 1. The molecule has 0 saturated heterocycles. The van der Waals surface area contributed by atoms with Gasteiger partial charge in [-0.2, -0.15) is 8.42 Å². The van der Waals surface area contributed by atoms with Crippen LogP contribution in [0.2, 0.25) is 0 Å². The summed E-state index contributed by atoms with van der Waals surface area (Å²) in [4.78, 5) is 12.2. The van der Waals surface area contributed by atoms with Crippen LogP contribution in [0.25, 0.3) is 0 Å². The monoisotopic (exact) mass is 339 g/mol. The van der Waals surface area contributed by atoms with E-state index >= 15 is 0 Å². The molecule has 0 spiro atoms. The van der Waals surface area contributed by atoms with Crippen LogP contribution in [0, 0.1) is 5.82 Å². The van der Waals surface area contributed by atoms with E-state index < -0.39 is 21.9 Å². The van der Waals surface area contributed by atoms with Gasteiger partial charge in [0.15, 0.2) is 0 Å². The highest BCUT2D eigenvalue weighted by Crippen LogP contribution is 2.20. The quantitative estimate of drug-likeness (QED) is 0.571. The first-order chi connectivity index (χ1) is 9.74. The highest BCUT2D eigenvalue weighted by molar-refractivity contribution is 7.85. The number of alkyl halides is 1. The molecule has 21 heavy (non-hydrogen) atoms. The number of aromatic carboxylic acids is 1. The molecular weight excluding hydrogens is 325 g/mol. The molecule has 0 aromatic heterocycles. The van der Waals surface area contributed by atoms with Crippen molar-refractivity contribution in [1.82, 2.24) is 0 Å². The van der Waals surface area contributed by atoms with Crippen molar-refractivity contribution in [3.8, 4) is 0 Å². The Labute approximate surface area is 127 Å². The van der Waals surface area contributed by atoms with Crippen LogP contribution in [-0.4, -0.2) is 51.3 Å². The van der Waals surface area contributed by atoms with Gasteiger partial charge in [0, 0.05) is 19.0 Å². The van der Waals surface area contributed by atoms with Gasteiger partial charge in [-0.15, -0.1) is 11.6 Å². The molecule has 0 aliphatic carbocycles. The Bertz CT molecular complexity index is 608. The third-order valence-electron chi connectivity index (χ3n) is 2.55. The summed E-state index contributed by atoms with van der Waals surface area (Å²) in [6.45, 7) is 0.205. The Morgan fingerprint density at radius 3 is 2.57 bits per heavy atom. The Morgan fingerprint density at radius 2 is 2.10 bits per heavy atom. The van der Waals surface area contributed by atoms with Gasteiger partial charge in [-0.1, -0.05) is 0 Å². The van der Waals surface area contributed by atoms with Crippen molar-refractivity contribution >= 4 is 33.4 Å². The SMILES string of the molecule is CS(=O)(=O)OCCN(CCCl)c1ccc(C(=O)O)cc1F. The van der Waals surface area contributed by atoms with Crippen molar-refractivity contribution in [1.29, 1.82) is 0 Å².